The van der Waals surface area contributed by atoms with Crippen LogP contribution in [-0.2, 0) is 4.74 Å². The smallest absolute Gasteiger partial charge is 0.357 e. The Morgan fingerprint density at radius 1 is 1.37 bits per heavy atom. The molecule has 0 saturated carbocycles. The van der Waals surface area contributed by atoms with Gasteiger partial charge in [-0.05, 0) is 31.2 Å². The number of hydrogen-bond donors (Lipinski definition) is 1. The lowest BCUT2D eigenvalue weighted by atomic mass is 10.3. The van der Waals surface area contributed by atoms with Crippen molar-refractivity contribution in [1.29, 1.82) is 0 Å². The van der Waals surface area contributed by atoms with Gasteiger partial charge in [0.25, 0.3) is 0 Å². The number of aromatic nitrogens is 1. The molecule has 19 heavy (non-hydrogen) atoms. The van der Waals surface area contributed by atoms with Crippen LogP contribution in [0.4, 0.5) is 10.8 Å². The summed E-state index contributed by atoms with van der Waals surface area (Å²) in [5.41, 5.74) is 1.19. The second kappa shape index (κ2) is 6.19. The second-order valence-corrected chi connectivity index (χ2v) is 4.47. The Kier molecular flexibility index (Phi) is 4.35. The Hall–Kier alpha value is -2.08. The standard InChI is InChI=1S/C13H14N2O3S/c1-3-18-10-6-4-9(5-7-10)14-13-15-11(8-19-13)12(16)17-2/h4-8H,3H2,1-2H3,(H,14,15). The van der Waals surface area contributed by atoms with Gasteiger partial charge in [-0.1, -0.05) is 0 Å². The largest absolute Gasteiger partial charge is 0.494 e. The van der Waals surface area contributed by atoms with Gasteiger partial charge < -0.3 is 14.8 Å². The minimum atomic E-state index is -0.434. The number of rotatable bonds is 5. The maximum Gasteiger partial charge on any atom is 0.357 e. The van der Waals surface area contributed by atoms with Gasteiger partial charge in [-0.2, -0.15) is 0 Å². The number of thiazole rings is 1. The third kappa shape index (κ3) is 3.45. The summed E-state index contributed by atoms with van der Waals surface area (Å²) in [6.07, 6.45) is 0. The Morgan fingerprint density at radius 3 is 2.74 bits per heavy atom. The fourth-order valence-electron chi connectivity index (χ4n) is 1.45. The van der Waals surface area contributed by atoms with Crippen molar-refractivity contribution in [3.05, 3.63) is 35.3 Å². The van der Waals surface area contributed by atoms with Crippen molar-refractivity contribution in [3.63, 3.8) is 0 Å². The number of carbonyl (C=O) groups is 1. The van der Waals surface area contributed by atoms with Crippen LogP contribution in [0.1, 0.15) is 17.4 Å². The van der Waals surface area contributed by atoms with Gasteiger partial charge in [-0.25, -0.2) is 9.78 Å². The number of esters is 1. The molecule has 0 spiro atoms. The van der Waals surface area contributed by atoms with E-state index in [1.165, 1.54) is 18.4 Å². The number of nitrogens with one attached hydrogen (secondary N) is 1. The van der Waals surface area contributed by atoms with E-state index in [1.807, 2.05) is 31.2 Å². The number of hydrogen-bond acceptors (Lipinski definition) is 6. The van der Waals surface area contributed by atoms with Gasteiger partial charge in [0.15, 0.2) is 10.8 Å². The normalized spacial score (nSPS) is 10.0. The van der Waals surface area contributed by atoms with Gasteiger partial charge in [0.1, 0.15) is 5.75 Å². The van der Waals surface area contributed by atoms with E-state index < -0.39 is 5.97 Å². The summed E-state index contributed by atoms with van der Waals surface area (Å²) in [6.45, 7) is 2.58. The molecule has 1 aromatic carbocycles. The highest BCUT2D eigenvalue weighted by atomic mass is 32.1. The lowest BCUT2D eigenvalue weighted by molar-refractivity contribution is 0.0595. The minimum absolute atomic E-state index is 0.306. The molecule has 0 saturated heterocycles. The predicted octanol–water partition coefficient (Wildman–Crippen LogP) is 3.07. The van der Waals surface area contributed by atoms with Crippen LogP contribution in [0.15, 0.2) is 29.6 Å². The molecule has 0 bridgehead atoms. The van der Waals surface area contributed by atoms with Crippen LogP contribution < -0.4 is 10.1 Å². The second-order valence-electron chi connectivity index (χ2n) is 3.61. The van der Waals surface area contributed by atoms with Crippen molar-refractivity contribution >= 4 is 28.1 Å². The molecule has 1 heterocycles. The van der Waals surface area contributed by atoms with E-state index in [-0.39, 0.29) is 0 Å². The fourth-order valence-corrected chi connectivity index (χ4v) is 2.15. The number of ether oxygens (including phenoxy) is 2. The zero-order valence-corrected chi connectivity index (χ0v) is 11.5. The van der Waals surface area contributed by atoms with Gasteiger partial charge in [0.05, 0.1) is 13.7 Å². The van der Waals surface area contributed by atoms with Crippen LogP contribution in [0, 0.1) is 0 Å². The van der Waals surface area contributed by atoms with Crippen LogP contribution in [0.25, 0.3) is 0 Å². The molecule has 0 amide bonds. The first-order valence-corrected chi connectivity index (χ1v) is 6.64. The van der Waals surface area contributed by atoms with Crippen LogP contribution in [0.5, 0.6) is 5.75 Å². The van der Waals surface area contributed by atoms with E-state index >= 15 is 0 Å². The molecule has 1 N–H and O–H groups in total. The maximum absolute atomic E-state index is 11.3. The molecular weight excluding hydrogens is 264 g/mol. The van der Waals surface area contributed by atoms with Crippen LogP contribution in [0.3, 0.4) is 0 Å². The summed E-state index contributed by atoms with van der Waals surface area (Å²) in [5.74, 6) is 0.387. The first-order valence-electron chi connectivity index (χ1n) is 5.76. The molecule has 1 aromatic heterocycles. The number of nitrogens with zero attached hydrogens (tertiary/aromatic N) is 1. The lowest BCUT2D eigenvalue weighted by Gasteiger charge is -2.05. The van der Waals surface area contributed by atoms with Crippen molar-refractivity contribution in [3.8, 4) is 5.75 Å². The summed E-state index contributed by atoms with van der Waals surface area (Å²) in [6, 6.07) is 7.54. The zero-order valence-electron chi connectivity index (χ0n) is 10.7. The molecule has 0 aliphatic carbocycles. The van der Waals surface area contributed by atoms with E-state index in [0.717, 1.165) is 11.4 Å². The van der Waals surface area contributed by atoms with Crippen molar-refractivity contribution in [2.75, 3.05) is 19.0 Å². The Labute approximate surface area is 115 Å². The van der Waals surface area contributed by atoms with Gasteiger partial charge in [0.2, 0.25) is 0 Å². The molecule has 2 rings (SSSR count). The molecule has 0 atom stereocenters. The van der Waals surface area contributed by atoms with E-state index in [1.54, 1.807) is 5.38 Å². The number of methoxy groups -OCH3 is 1. The maximum atomic E-state index is 11.3. The Bertz CT molecular complexity index is 551. The highest BCUT2D eigenvalue weighted by Gasteiger charge is 2.10. The van der Waals surface area contributed by atoms with Crippen molar-refractivity contribution in [1.82, 2.24) is 4.98 Å². The van der Waals surface area contributed by atoms with Crippen LogP contribution >= 0.6 is 11.3 Å². The molecule has 6 heteroatoms. The van der Waals surface area contributed by atoms with Gasteiger partial charge in [-0.3, -0.25) is 0 Å². The number of benzene rings is 1. The number of anilines is 2. The first-order chi connectivity index (χ1) is 9.22. The molecule has 0 aliphatic heterocycles. The van der Waals surface area contributed by atoms with Crippen LogP contribution in [0.2, 0.25) is 0 Å². The summed E-state index contributed by atoms with van der Waals surface area (Å²) in [5, 5.41) is 5.42. The summed E-state index contributed by atoms with van der Waals surface area (Å²) in [4.78, 5) is 15.4. The molecule has 2 aromatic rings. The van der Waals surface area contributed by atoms with E-state index in [9.17, 15) is 4.79 Å². The average molecular weight is 278 g/mol. The molecule has 5 nitrogen and oxygen atoms in total. The van der Waals surface area contributed by atoms with Crippen LogP contribution in [-0.4, -0.2) is 24.7 Å². The molecular formula is C13H14N2O3S. The molecule has 0 unspecified atom stereocenters. The first kappa shape index (κ1) is 13.4. The van der Waals surface area contributed by atoms with E-state index in [0.29, 0.717) is 17.4 Å². The summed E-state index contributed by atoms with van der Waals surface area (Å²) in [7, 11) is 1.33. The molecule has 0 fully saturated rings. The van der Waals surface area contributed by atoms with Gasteiger partial charge >= 0.3 is 5.97 Å². The quantitative estimate of drug-likeness (QED) is 0.852. The lowest BCUT2D eigenvalue weighted by Crippen LogP contribution is -2.01. The van der Waals surface area contributed by atoms with Gasteiger partial charge in [0, 0.05) is 11.1 Å². The minimum Gasteiger partial charge on any atom is -0.494 e. The third-order valence-electron chi connectivity index (χ3n) is 2.32. The van der Waals surface area contributed by atoms with Gasteiger partial charge in [-0.15, -0.1) is 11.3 Å². The zero-order chi connectivity index (χ0) is 13.7. The molecule has 0 aliphatic rings. The average Bonchev–Trinajstić information content (AvgIpc) is 2.89. The topological polar surface area (TPSA) is 60.5 Å². The van der Waals surface area contributed by atoms with Crippen molar-refractivity contribution < 1.29 is 14.3 Å². The molecule has 100 valence electrons. The Morgan fingerprint density at radius 2 is 2.11 bits per heavy atom. The number of carbonyl (C=O) groups excluding carboxylic acids is 1. The molecule has 0 radical (unpaired) electrons. The third-order valence-corrected chi connectivity index (χ3v) is 3.07. The van der Waals surface area contributed by atoms with Crippen molar-refractivity contribution in [2.45, 2.75) is 6.92 Å². The SMILES string of the molecule is CCOc1ccc(Nc2nc(C(=O)OC)cs2)cc1. The van der Waals surface area contributed by atoms with Crippen molar-refractivity contribution in [2.24, 2.45) is 0 Å². The summed E-state index contributed by atoms with van der Waals surface area (Å²) < 4.78 is 9.96. The fraction of sp³-hybridized carbons (Fsp3) is 0.231. The summed E-state index contributed by atoms with van der Waals surface area (Å²) >= 11 is 1.35. The highest BCUT2D eigenvalue weighted by molar-refractivity contribution is 7.14. The van der Waals surface area contributed by atoms with E-state index in [4.69, 9.17) is 4.74 Å². The van der Waals surface area contributed by atoms with E-state index in [2.05, 4.69) is 15.0 Å². The highest BCUT2D eigenvalue weighted by Crippen LogP contribution is 2.23. The predicted molar refractivity (Wildman–Crippen MR) is 74.3 cm³/mol. The monoisotopic (exact) mass is 278 g/mol. The Balaban J connectivity index is 2.04.